The molecule has 0 saturated carbocycles. The molecule has 0 aliphatic rings. The lowest BCUT2D eigenvalue weighted by Gasteiger charge is -2.23. The van der Waals surface area contributed by atoms with E-state index < -0.39 is 21.4 Å². The molecule has 0 aliphatic carbocycles. The molecule has 8 heteroatoms. The molecule has 0 amide bonds. The number of thiocarbonyl (C=S) groups is 1. The first kappa shape index (κ1) is 17.0. The Bertz CT molecular complexity index is 615. The van der Waals surface area contributed by atoms with Crippen LogP contribution >= 0.6 is 12.2 Å². The fourth-order valence-electron chi connectivity index (χ4n) is 1.28. The van der Waals surface area contributed by atoms with Crippen molar-refractivity contribution in [2.75, 3.05) is 13.7 Å². The third-order valence-electron chi connectivity index (χ3n) is 2.75. The third kappa shape index (κ3) is 4.20. The van der Waals surface area contributed by atoms with Gasteiger partial charge in [-0.3, -0.25) is 0 Å². The Morgan fingerprint density at radius 1 is 1.50 bits per heavy atom. The van der Waals surface area contributed by atoms with Crippen LogP contribution in [0.4, 0.5) is 4.39 Å². The molecule has 0 unspecified atom stereocenters. The molecule has 5 nitrogen and oxygen atoms in total. The van der Waals surface area contributed by atoms with Crippen LogP contribution in [0.1, 0.15) is 19.4 Å². The summed E-state index contributed by atoms with van der Waals surface area (Å²) in [6.45, 7) is 3.55. The van der Waals surface area contributed by atoms with Crippen molar-refractivity contribution in [3.8, 4) is 0 Å². The minimum atomic E-state index is -3.79. The lowest BCUT2D eigenvalue weighted by molar-refractivity contribution is 0.0276. The third-order valence-corrected chi connectivity index (χ3v) is 4.37. The molecule has 0 radical (unpaired) electrons. The minimum Gasteiger partial charge on any atom is -0.389 e. The summed E-state index contributed by atoms with van der Waals surface area (Å²) in [5.74, 6) is -0.659. The zero-order valence-electron chi connectivity index (χ0n) is 11.4. The van der Waals surface area contributed by atoms with E-state index in [1.807, 2.05) is 0 Å². The Kier molecular flexibility index (Phi) is 5.20. The van der Waals surface area contributed by atoms with Crippen LogP contribution in [0.25, 0.3) is 0 Å². The van der Waals surface area contributed by atoms with Crippen LogP contribution < -0.4 is 10.5 Å². The molecule has 20 heavy (non-hydrogen) atoms. The maximum Gasteiger partial charge on any atom is 0.240 e. The zero-order valence-corrected chi connectivity index (χ0v) is 13.1. The number of nitrogens with two attached hydrogens (primary N) is 1. The molecule has 0 fully saturated rings. The number of hydrogen-bond acceptors (Lipinski definition) is 4. The first-order valence-electron chi connectivity index (χ1n) is 5.73. The van der Waals surface area contributed by atoms with Crippen LogP contribution in [0.5, 0.6) is 0 Å². The van der Waals surface area contributed by atoms with Crippen molar-refractivity contribution < 1.29 is 17.5 Å². The Balaban J connectivity index is 3.05. The quantitative estimate of drug-likeness (QED) is 0.769. The molecular formula is C12H17FN2O3S2. The summed E-state index contributed by atoms with van der Waals surface area (Å²) in [4.78, 5) is -0.301. The van der Waals surface area contributed by atoms with Crippen LogP contribution in [-0.2, 0) is 14.8 Å². The lowest BCUT2D eigenvalue weighted by atomic mass is 10.1. The molecule has 0 bridgehead atoms. The number of halogens is 1. The highest BCUT2D eigenvalue weighted by atomic mass is 32.2. The molecule has 0 spiro atoms. The van der Waals surface area contributed by atoms with Crippen molar-refractivity contribution in [1.82, 2.24) is 4.72 Å². The fraction of sp³-hybridized carbons (Fsp3) is 0.417. The van der Waals surface area contributed by atoms with Gasteiger partial charge in [-0.1, -0.05) is 12.2 Å². The molecule has 1 rings (SSSR count). The van der Waals surface area contributed by atoms with Crippen LogP contribution in [0.15, 0.2) is 23.1 Å². The summed E-state index contributed by atoms with van der Waals surface area (Å²) in [7, 11) is -2.30. The van der Waals surface area contributed by atoms with E-state index in [0.29, 0.717) is 0 Å². The van der Waals surface area contributed by atoms with Crippen LogP contribution in [0.3, 0.4) is 0 Å². The smallest absolute Gasteiger partial charge is 0.240 e. The average Bonchev–Trinajstić information content (AvgIpc) is 2.36. The summed E-state index contributed by atoms with van der Waals surface area (Å²) >= 11 is 4.68. The summed E-state index contributed by atoms with van der Waals surface area (Å²) in [6, 6.07) is 3.28. The summed E-state index contributed by atoms with van der Waals surface area (Å²) in [6.07, 6.45) is 0. The van der Waals surface area contributed by atoms with Crippen LogP contribution in [-0.4, -0.2) is 32.7 Å². The Morgan fingerprint density at radius 2 is 2.10 bits per heavy atom. The van der Waals surface area contributed by atoms with Gasteiger partial charge in [-0.25, -0.2) is 17.5 Å². The van der Waals surface area contributed by atoms with Gasteiger partial charge < -0.3 is 10.5 Å². The highest BCUT2D eigenvalue weighted by molar-refractivity contribution is 7.89. The van der Waals surface area contributed by atoms with Gasteiger partial charge in [0.15, 0.2) is 0 Å². The Hall–Kier alpha value is -1.09. The summed E-state index contributed by atoms with van der Waals surface area (Å²) in [5.41, 5.74) is 4.59. The van der Waals surface area contributed by atoms with Gasteiger partial charge in [0, 0.05) is 19.2 Å². The molecule has 0 aromatic heterocycles. The molecule has 1 aromatic rings. The standard InChI is InChI=1S/C12H17FN2O3S2/c1-12(2,18-3)7-15-20(16,17)8-4-5-10(13)9(6-8)11(14)19/h4-6,15H,7H2,1-3H3,(H2,14,19). The van der Waals surface area contributed by atoms with Gasteiger partial charge in [-0.2, -0.15) is 0 Å². The number of rotatable bonds is 6. The second kappa shape index (κ2) is 6.13. The number of methoxy groups -OCH3 is 1. The predicted molar refractivity (Wildman–Crippen MR) is 78.6 cm³/mol. The van der Waals surface area contributed by atoms with E-state index in [0.717, 1.165) is 18.2 Å². The fourth-order valence-corrected chi connectivity index (χ4v) is 2.67. The van der Waals surface area contributed by atoms with Gasteiger partial charge >= 0.3 is 0 Å². The first-order chi connectivity index (χ1) is 9.09. The van der Waals surface area contributed by atoms with Crippen molar-refractivity contribution in [3.05, 3.63) is 29.6 Å². The SMILES string of the molecule is COC(C)(C)CNS(=O)(=O)c1ccc(F)c(C(N)=S)c1. The van der Waals surface area contributed by atoms with E-state index in [2.05, 4.69) is 16.9 Å². The van der Waals surface area contributed by atoms with E-state index in [-0.39, 0.29) is 22.0 Å². The highest BCUT2D eigenvalue weighted by Gasteiger charge is 2.22. The van der Waals surface area contributed by atoms with Gasteiger partial charge in [0.25, 0.3) is 0 Å². The summed E-state index contributed by atoms with van der Waals surface area (Å²) < 4.78 is 45.2. The zero-order chi connectivity index (χ0) is 15.6. The Labute approximate surface area is 123 Å². The maximum absolute atomic E-state index is 13.4. The molecule has 112 valence electrons. The molecule has 0 aliphatic heterocycles. The first-order valence-corrected chi connectivity index (χ1v) is 7.62. The van der Waals surface area contributed by atoms with Crippen LogP contribution in [0, 0.1) is 5.82 Å². The highest BCUT2D eigenvalue weighted by Crippen LogP contribution is 2.16. The second-order valence-electron chi connectivity index (χ2n) is 4.79. The number of sulfonamides is 1. The minimum absolute atomic E-state index is 0.0750. The van der Waals surface area contributed by atoms with E-state index in [4.69, 9.17) is 10.5 Å². The van der Waals surface area contributed by atoms with Crippen molar-refractivity contribution in [2.45, 2.75) is 24.3 Å². The van der Waals surface area contributed by atoms with E-state index in [1.165, 1.54) is 7.11 Å². The van der Waals surface area contributed by atoms with Gasteiger partial charge in [-0.05, 0) is 32.0 Å². The topological polar surface area (TPSA) is 81.4 Å². The molecule has 1 aromatic carbocycles. The largest absolute Gasteiger partial charge is 0.389 e. The van der Waals surface area contributed by atoms with Gasteiger partial charge in [-0.15, -0.1) is 0 Å². The van der Waals surface area contributed by atoms with Gasteiger partial charge in [0.1, 0.15) is 10.8 Å². The number of hydrogen-bond donors (Lipinski definition) is 2. The molecular weight excluding hydrogens is 303 g/mol. The lowest BCUT2D eigenvalue weighted by Crippen LogP contribution is -2.39. The van der Waals surface area contributed by atoms with Crippen molar-refractivity contribution in [3.63, 3.8) is 0 Å². The normalized spacial score (nSPS) is 12.4. The molecule has 3 N–H and O–H groups in total. The van der Waals surface area contributed by atoms with E-state index >= 15 is 0 Å². The molecule has 0 atom stereocenters. The number of benzene rings is 1. The van der Waals surface area contributed by atoms with E-state index in [1.54, 1.807) is 13.8 Å². The average molecular weight is 320 g/mol. The van der Waals surface area contributed by atoms with Crippen molar-refractivity contribution in [1.29, 1.82) is 0 Å². The van der Waals surface area contributed by atoms with E-state index in [9.17, 15) is 12.8 Å². The van der Waals surface area contributed by atoms with Crippen molar-refractivity contribution in [2.24, 2.45) is 5.73 Å². The molecule has 0 heterocycles. The van der Waals surface area contributed by atoms with Crippen molar-refractivity contribution >= 4 is 27.2 Å². The maximum atomic E-state index is 13.4. The number of nitrogens with one attached hydrogen (secondary N) is 1. The monoisotopic (exact) mass is 320 g/mol. The molecule has 0 saturated heterocycles. The Morgan fingerprint density at radius 3 is 2.60 bits per heavy atom. The van der Waals surface area contributed by atoms with Gasteiger partial charge in [0.2, 0.25) is 10.0 Å². The number of ether oxygens (including phenoxy) is 1. The summed E-state index contributed by atoms with van der Waals surface area (Å²) in [5, 5.41) is 0. The van der Waals surface area contributed by atoms with Gasteiger partial charge in [0.05, 0.1) is 10.5 Å². The van der Waals surface area contributed by atoms with Crippen LogP contribution in [0.2, 0.25) is 0 Å². The second-order valence-corrected chi connectivity index (χ2v) is 7.00. The predicted octanol–water partition coefficient (Wildman–Crippen LogP) is 1.16.